The van der Waals surface area contributed by atoms with Crippen LogP contribution in [0.4, 0.5) is 4.39 Å². The van der Waals surface area contributed by atoms with Gasteiger partial charge in [0, 0.05) is 12.6 Å². The number of nitriles is 1. The van der Waals surface area contributed by atoms with Gasteiger partial charge in [0.15, 0.2) is 0 Å². The topological polar surface area (TPSA) is 35.8 Å². The molecule has 0 atom stereocenters. The Hall–Kier alpha value is -1.40. The molecule has 0 aliphatic heterocycles. The van der Waals surface area contributed by atoms with Crippen LogP contribution in [0.1, 0.15) is 43.7 Å². The zero-order valence-electron chi connectivity index (χ0n) is 10.7. The minimum atomic E-state index is -0.330. The van der Waals surface area contributed by atoms with E-state index < -0.39 is 0 Å². The van der Waals surface area contributed by atoms with Crippen LogP contribution in [0.15, 0.2) is 18.2 Å². The molecule has 2 nitrogen and oxygen atoms in total. The Labute approximate surface area is 108 Å². The molecule has 1 aromatic carbocycles. The number of nitrogens with zero attached hydrogens (tertiary/aromatic N) is 1. The molecule has 0 unspecified atom stereocenters. The Bertz CT molecular complexity index is 442. The van der Waals surface area contributed by atoms with Crippen molar-refractivity contribution in [2.24, 2.45) is 5.92 Å². The van der Waals surface area contributed by atoms with E-state index in [1.165, 1.54) is 37.8 Å². The first-order chi connectivity index (χ1) is 8.67. The lowest BCUT2D eigenvalue weighted by Gasteiger charge is -2.27. The minimum Gasteiger partial charge on any atom is -0.310 e. The summed E-state index contributed by atoms with van der Waals surface area (Å²) in [5, 5.41) is 12.3. The molecule has 0 bridgehead atoms. The highest BCUT2D eigenvalue weighted by molar-refractivity contribution is 5.33. The molecule has 0 heterocycles. The van der Waals surface area contributed by atoms with Gasteiger partial charge in [-0.2, -0.15) is 5.26 Å². The number of nitrogens with one attached hydrogen (secondary N) is 1. The quantitative estimate of drug-likeness (QED) is 0.887. The van der Waals surface area contributed by atoms with Gasteiger partial charge in [0.2, 0.25) is 0 Å². The van der Waals surface area contributed by atoms with E-state index in [1.54, 1.807) is 6.07 Å². The predicted molar refractivity (Wildman–Crippen MR) is 69.4 cm³/mol. The van der Waals surface area contributed by atoms with E-state index >= 15 is 0 Å². The number of benzene rings is 1. The van der Waals surface area contributed by atoms with Crippen molar-refractivity contribution in [1.82, 2.24) is 5.32 Å². The Morgan fingerprint density at radius 3 is 2.67 bits per heavy atom. The van der Waals surface area contributed by atoms with Crippen LogP contribution >= 0.6 is 0 Å². The SMILES string of the molecule is CC1CCC(NCc2cc(F)cc(C#N)c2)CC1. The lowest BCUT2D eigenvalue weighted by Crippen LogP contribution is -2.32. The zero-order valence-corrected chi connectivity index (χ0v) is 10.7. The third-order valence-corrected chi connectivity index (χ3v) is 3.70. The van der Waals surface area contributed by atoms with Crippen molar-refractivity contribution in [3.8, 4) is 6.07 Å². The first kappa shape index (κ1) is 13.0. The second-order valence-corrected chi connectivity index (χ2v) is 5.30. The van der Waals surface area contributed by atoms with Crippen molar-refractivity contribution < 1.29 is 4.39 Å². The Morgan fingerprint density at radius 2 is 2.00 bits per heavy atom. The van der Waals surface area contributed by atoms with Gasteiger partial charge in [0.1, 0.15) is 5.82 Å². The molecule has 0 spiro atoms. The average Bonchev–Trinajstić information content (AvgIpc) is 2.37. The molecule has 18 heavy (non-hydrogen) atoms. The molecule has 96 valence electrons. The van der Waals surface area contributed by atoms with Gasteiger partial charge in [0.05, 0.1) is 11.6 Å². The van der Waals surface area contributed by atoms with E-state index in [4.69, 9.17) is 5.26 Å². The maximum atomic E-state index is 13.3. The van der Waals surface area contributed by atoms with Crippen LogP contribution in [0.5, 0.6) is 0 Å². The van der Waals surface area contributed by atoms with E-state index in [0.29, 0.717) is 18.2 Å². The van der Waals surface area contributed by atoms with Gasteiger partial charge in [0.25, 0.3) is 0 Å². The molecule has 1 aromatic rings. The molecule has 1 aliphatic carbocycles. The summed E-state index contributed by atoms with van der Waals surface area (Å²) in [6.07, 6.45) is 4.93. The molecule has 0 radical (unpaired) electrons. The number of hydrogen-bond acceptors (Lipinski definition) is 2. The van der Waals surface area contributed by atoms with Crippen molar-refractivity contribution >= 4 is 0 Å². The number of hydrogen-bond donors (Lipinski definition) is 1. The van der Waals surface area contributed by atoms with Gasteiger partial charge in [-0.05, 0) is 55.4 Å². The predicted octanol–water partition coefficient (Wildman–Crippen LogP) is 3.37. The average molecular weight is 246 g/mol. The highest BCUT2D eigenvalue weighted by Gasteiger charge is 2.17. The third-order valence-electron chi connectivity index (χ3n) is 3.70. The van der Waals surface area contributed by atoms with Crippen LogP contribution in [-0.2, 0) is 6.54 Å². The maximum absolute atomic E-state index is 13.3. The monoisotopic (exact) mass is 246 g/mol. The van der Waals surface area contributed by atoms with Gasteiger partial charge in [-0.1, -0.05) is 6.92 Å². The molecule has 0 amide bonds. The van der Waals surface area contributed by atoms with Crippen molar-refractivity contribution in [3.05, 3.63) is 35.1 Å². The summed E-state index contributed by atoms with van der Waals surface area (Å²) in [7, 11) is 0. The number of halogens is 1. The molecule has 1 saturated carbocycles. The number of rotatable bonds is 3. The van der Waals surface area contributed by atoms with E-state index in [9.17, 15) is 4.39 Å². The van der Waals surface area contributed by atoms with Gasteiger partial charge in [-0.3, -0.25) is 0 Å². The molecular weight excluding hydrogens is 227 g/mol. The first-order valence-corrected chi connectivity index (χ1v) is 6.60. The molecule has 0 saturated heterocycles. The van der Waals surface area contributed by atoms with Crippen molar-refractivity contribution in [1.29, 1.82) is 5.26 Å². The van der Waals surface area contributed by atoms with Crippen molar-refractivity contribution in [2.45, 2.75) is 45.2 Å². The third kappa shape index (κ3) is 3.54. The summed E-state index contributed by atoms with van der Waals surface area (Å²) in [6.45, 7) is 2.94. The fourth-order valence-corrected chi connectivity index (χ4v) is 2.54. The smallest absolute Gasteiger partial charge is 0.124 e. The summed E-state index contributed by atoms with van der Waals surface area (Å²) >= 11 is 0. The van der Waals surface area contributed by atoms with Crippen molar-refractivity contribution in [3.63, 3.8) is 0 Å². The standard InChI is InChI=1S/C15H19FN2/c1-11-2-4-15(5-3-11)18-10-13-6-12(9-17)7-14(16)8-13/h6-8,11,15,18H,2-5,10H2,1H3. The molecule has 1 fully saturated rings. The summed E-state index contributed by atoms with van der Waals surface area (Å²) in [6, 6.07) is 7.04. The Morgan fingerprint density at radius 1 is 1.28 bits per heavy atom. The highest BCUT2D eigenvalue weighted by atomic mass is 19.1. The molecule has 3 heteroatoms. The van der Waals surface area contributed by atoms with Gasteiger partial charge < -0.3 is 5.32 Å². The second kappa shape index (κ2) is 5.97. The van der Waals surface area contributed by atoms with Crippen molar-refractivity contribution in [2.75, 3.05) is 0 Å². The van der Waals surface area contributed by atoms with Crippen LogP contribution < -0.4 is 5.32 Å². The largest absolute Gasteiger partial charge is 0.310 e. The molecule has 1 N–H and O–H groups in total. The normalized spacial score (nSPS) is 23.6. The van der Waals surface area contributed by atoms with Crippen LogP contribution in [0.25, 0.3) is 0 Å². The van der Waals surface area contributed by atoms with Crippen LogP contribution in [0.3, 0.4) is 0 Å². The second-order valence-electron chi connectivity index (χ2n) is 5.30. The van der Waals surface area contributed by atoms with Crippen LogP contribution in [-0.4, -0.2) is 6.04 Å². The summed E-state index contributed by atoms with van der Waals surface area (Å²) in [5.74, 6) is 0.505. The summed E-state index contributed by atoms with van der Waals surface area (Å²) < 4.78 is 13.3. The lowest BCUT2D eigenvalue weighted by atomic mass is 9.87. The van der Waals surface area contributed by atoms with Crippen LogP contribution in [0, 0.1) is 23.1 Å². The van der Waals surface area contributed by atoms with E-state index in [-0.39, 0.29) is 5.82 Å². The Kier molecular flexibility index (Phi) is 4.33. The summed E-state index contributed by atoms with van der Waals surface area (Å²) in [5.41, 5.74) is 1.24. The highest BCUT2D eigenvalue weighted by Crippen LogP contribution is 2.23. The Balaban J connectivity index is 1.90. The molecular formula is C15H19FN2. The molecule has 2 rings (SSSR count). The van der Waals surface area contributed by atoms with E-state index in [0.717, 1.165) is 11.5 Å². The zero-order chi connectivity index (χ0) is 13.0. The minimum absolute atomic E-state index is 0.330. The first-order valence-electron chi connectivity index (χ1n) is 6.60. The van der Waals surface area contributed by atoms with E-state index in [2.05, 4.69) is 12.2 Å². The fourth-order valence-electron chi connectivity index (χ4n) is 2.54. The fraction of sp³-hybridized carbons (Fsp3) is 0.533. The van der Waals surface area contributed by atoms with Gasteiger partial charge in [-0.25, -0.2) is 4.39 Å². The van der Waals surface area contributed by atoms with Gasteiger partial charge >= 0.3 is 0 Å². The van der Waals surface area contributed by atoms with E-state index in [1.807, 2.05) is 6.07 Å². The van der Waals surface area contributed by atoms with Gasteiger partial charge in [-0.15, -0.1) is 0 Å². The molecule has 1 aliphatic rings. The lowest BCUT2D eigenvalue weighted by molar-refractivity contribution is 0.306. The summed E-state index contributed by atoms with van der Waals surface area (Å²) in [4.78, 5) is 0. The van der Waals surface area contributed by atoms with Crippen LogP contribution in [0.2, 0.25) is 0 Å². The maximum Gasteiger partial charge on any atom is 0.124 e. The molecule has 0 aromatic heterocycles.